The highest BCUT2D eigenvalue weighted by Crippen LogP contribution is 2.30. The molecule has 0 amide bonds. The van der Waals surface area contributed by atoms with E-state index in [2.05, 4.69) is 4.98 Å². The fourth-order valence-electron chi connectivity index (χ4n) is 2.34. The summed E-state index contributed by atoms with van der Waals surface area (Å²) in [5.74, 6) is -1.61. The second kappa shape index (κ2) is 8.70. The van der Waals surface area contributed by atoms with Crippen molar-refractivity contribution in [3.63, 3.8) is 0 Å². The highest BCUT2D eigenvalue weighted by molar-refractivity contribution is 7.99. The number of hydrogen-bond acceptors (Lipinski definition) is 4. The van der Waals surface area contributed by atoms with E-state index >= 15 is 0 Å². The number of halogens is 4. The molecule has 0 radical (unpaired) electrons. The van der Waals surface area contributed by atoms with E-state index in [4.69, 9.17) is 16.3 Å². The van der Waals surface area contributed by atoms with Crippen molar-refractivity contribution >= 4 is 29.3 Å². The number of benzene rings is 2. The summed E-state index contributed by atoms with van der Waals surface area (Å²) < 4.78 is 46.5. The molecule has 2 aromatic carbocycles. The number of nitrogens with zero attached hydrogens (tertiary/aromatic N) is 2. The molecular weight excluding hydrogens is 413 g/mol. The summed E-state index contributed by atoms with van der Waals surface area (Å²) in [6.45, 7) is 0. The van der Waals surface area contributed by atoms with Crippen molar-refractivity contribution in [1.29, 1.82) is 0 Å². The summed E-state index contributed by atoms with van der Waals surface area (Å²) in [5.41, 5.74) is 0.722. The normalized spacial score (nSPS) is 12.6. The predicted molar refractivity (Wildman–Crippen MR) is 101 cm³/mol. The molecule has 1 atom stereocenters. The Labute approximate surface area is 168 Å². The molecule has 1 aromatic heterocycles. The fourth-order valence-corrected chi connectivity index (χ4v) is 3.53. The molecule has 0 aliphatic rings. The lowest BCUT2D eigenvalue weighted by atomic mass is 10.2. The number of thioether (sulfide) groups is 1. The van der Waals surface area contributed by atoms with Gasteiger partial charge in [-0.05, 0) is 30.3 Å². The standard InChI is InChI=1S/C19H14ClF3N2O2S/c20-14-6-4-5-13(11-14)17(26)27-16(19(21,22)23)12-28-18-24-9-10-25(18)15-7-2-1-3-8-15/h1-11,16H,12H2/t16-/m0/s1. The molecule has 9 heteroatoms. The molecule has 0 fully saturated rings. The van der Waals surface area contributed by atoms with Gasteiger partial charge in [0, 0.05) is 28.9 Å². The van der Waals surface area contributed by atoms with Crippen LogP contribution in [0.2, 0.25) is 5.02 Å². The number of imidazole rings is 1. The Morgan fingerprint density at radius 1 is 1.18 bits per heavy atom. The van der Waals surface area contributed by atoms with Gasteiger partial charge in [0.2, 0.25) is 6.10 Å². The molecule has 0 aliphatic carbocycles. The maximum Gasteiger partial charge on any atom is 0.426 e. The third-order valence-corrected chi connectivity index (χ3v) is 4.94. The highest BCUT2D eigenvalue weighted by atomic mass is 35.5. The summed E-state index contributed by atoms with van der Waals surface area (Å²) in [5, 5.41) is 0.594. The van der Waals surface area contributed by atoms with E-state index in [1.807, 2.05) is 30.3 Å². The second-order valence-corrected chi connectivity index (χ2v) is 7.10. The number of hydrogen-bond donors (Lipinski definition) is 0. The Balaban J connectivity index is 1.73. The molecule has 4 nitrogen and oxygen atoms in total. The molecule has 3 aromatic rings. The second-order valence-electron chi connectivity index (χ2n) is 5.67. The Hall–Kier alpha value is -2.45. The van der Waals surface area contributed by atoms with Crippen molar-refractivity contribution in [2.45, 2.75) is 17.4 Å². The van der Waals surface area contributed by atoms with Gasteiger partial charge in [0.25, 0.3) is 0 Å². The minimum absolute atomic E-state index is 0.0439. The smallest absolute Gasteiger partial charge is 0.426 e. The Morgan fingerprint density at radius 2 is 1.93 bits per heavy atom. The Bertz CT molecular complexity index is 948. The number of rotatable bonds is 6. The van der Waals surface area contributed by atoms with E-state index in [0.29, 0.717) is 5.16 Å². The minimum atomic E-state index is -4.72. The quantitative estimate of drug-likeness (QED) is 0.390. The van der Waals surface area contributed by atoms with Crippen molar-refractivity contribution in [3.05, 3.63) is 77.6 Å². The van der Waals surface area contributed by atoms with E-state index in [-0.39, 0.29) is 10.6 Å². The van der Waals surface area contributed by atoms with Crippen LogP contribution in [0.25, 0.3) is 5.69 Å². The van der Waals surface area contributed by atoms with Crippen LogP contribution in [0.4, 0.5) is 13.2 Å². The number of carbonyl (C=O) groups excluding carboxylic acids is 1. The van der Waals surface area contributed by atoms with Crippen LogP contribution in [-0.4, -0.2) is 33.6 Å². The molecule has 0 bridgehead atoms. The first-order valence-electron chi connectivity index (χ1n) is 8.09. The van der Waals surface area contributed by atoms with Crippen LogP contribution in [0, 0.1) is 0 Å². The van der Waals surface area contributed by atoms with Crippen LogP contribution < -0.4 is 0 Å². The molecule has 146 valence electrons. The average Bonchev–Trinajstić information content (AvgIpc) is 3.13. The molecule has 0 aliphatic heterocycles. The minimum Gasteiger partial charge on any atom is -0.448 e. The van der Waals surface area contributed by atoms with Gasteiger partial charge in [-0.15, -0.1) is 0 Å². The zero-order chi connectivity index (χ0) is 20.1. The van der Waals surface area contributed by atoms with Gasteiger partial charge in [-0.3, -0.25) is 4.57 Å². The summed E-state index contributed by atoms with van der Waals surface area (Å²) in [6.07, 6.45) is -3.86. The molecule has 0 saturated heterocycles. The van der Waals surface area contributed by atoms with Gasteiger partial charge >= 0.3 is 12.1 Å². The third kappa shape index (κ3) is 5.08. The van der Waals surface area contributed by atoms with Crippen LogP contribution in [0.15, 0.2) is 72.1 Å². The van der Waals surface area contributed by atoms with E-state index in [1.165, 1.54) is 30.5 Å². The van der Waals surface area contributed by atoms with Gasteiger partial charge in [-0.2, -0.15) is 13.2 Å². The van der Waals surface area contributed by atoms with Crippen molar-refractivity contribution in [2.75, 3.05) is 5.75 Å². The zero-order valence-corrected chi connectivity index (χ0v) is 15.8. The number of aromatic nitrogens is 2. The van der Waals surface area contributed by atoms with Crippen molar-refractivity contribution < 1.29 is 22.7 Å². The van der Waals surface area contributed by atoms with Crippen molar-refractivity contribution in [3.8, 4) is 5.69 Å². The lowest BCUT2D eigenvalue weighted by Crippen LogP contribution is -2.36. The Kier molecular flexibility index (Phi) is 6.31. The largest absolute Gasteiger partial charge is 0.448 e. The summed E-state index contributed by atoms with van der Waals surface area (Å²) in [7, 11) is 0. The molecule has 1 heterocycles. The number of para-hydroxylation sites is 1. The van der Waals surface area contributed by atoms with E-state index in [9.17, 15) is 18.0 Å². The van der Waals surface area contributed by atoms with Crippen molar-refractivity contribution in [2.24, 2.45) is 0 Å². The average molecular weight is 427 g/mol. The van der Waals surface area contributed by atoms with Crippen LogP contribution in [-0.2, 0) is 4.74 Å². The maximum absolute atomic E-state index is 13.4. The third-order valence-electron chi connectivity index (χ3n) is 3.68. The molecule has 3 rings (SSSR count). The first-order chi connectivity index (χ1) is 13.3. The molecule has 0 spiro atoms. The maximum atomic E-state index is 13.4. The monoisotopic (exact) mass is 426 g/mol. The van der Waals surface area contributed by atoms with Gasteiger partial charge in [-0.25, -0.2) is 9.78 Å². The van der Waals surface area contributed by atoms with Crippen LogP contribution >= 0.6 is 23.4 Å². The van der Waals surface area contributed by atoms with Gasteiger partial charge in [0.05, 0.1) is 5.56 Å². The summed E-state index contributed by atoms with van der Waals surface area (Å²) in [6, 6.07) is 14.7. The number of alkyl halides is 3. The first-order valence-corrected chi connectivity index (χ1v) is 9.46. The number of esters is 1. The Morgan fingerprint density at radius 3 is 2.61 bits per heavy atom. The fraction of sp³-hybridized carbons (Fsp3) is 0.158. The lowest BCUT2D eigenvalue weighted by Gasteiger charge is -2.20. The van der Waals surface area contributed by atoms with Gasteiger partial charge < -0.3 is 4.74 Å². The van der Waals surface area contributed by atoms with Crippen LogP contribution in [0.1, 0.15) is 10.4 Å². The van der Waals surface area contributed by atoms with Crippen LogP contribution in [0.5, 0.6) is 0 Å². The van der Waals surface area contributed by atoms with E-state index < -0.39 is 24.0 Å². The van der Waals surface area contributed by atoms with Crippen molar-refractivity contribution in [1.82, 2.24) is 9.55 Å². The van der Waals surface area contributed by atoms with Gasteiger partial charge in [0.15, 0.2) is 5.16 Å². The van der Waals surface area contributed by atoms with E-state index in [0.717, 1.165) is 17.4 Å². The summed E-state index contributed by atoms with van der Waals surface area (Å²) in [4.78, 5) is 16.2. The summed E-state index contributed by atoms with van der Waals surface area (Å²) >= 11 is 6.63. The van der Waals surface area contributed by atoms with E-state index in [1.54, 1.807) is 10.8 Å². The molecule has 0 unspecified atom stereocenters. The number of carbonyl (C=O) groups is 1. The zero-order valence-electron chi connectivity index (χ0n) is 14.3. The lowest BCUT2D eigenvalue weighted by molar-refractivity contribution is -0.196. The highest BCUT2D eigenvalue weighted by Gasteiger charge is 2.43. The molecule has 0 N–H and O–H groups in total. The number of ether oxygens (including phenoxy) is 1. The molecular formula is C19H14ClF3N2O2S. The SMILES string of the molecule is O=C(O[C@@H](CSc1nccn1-c1ccccc1)C(F)(F)F)c1cccc(Cl)c1. The van der Waals surface area contributed by atoms with Gasteiger partial charge in [0.1, 0.15) is 0 Å². The topological polar surface area (TPSA) is 44.1 Å². The first kappa shape index (κ1) is 20.3. The molecule has 28 heavy (non-hydrogen) atoms. The molecule has 0 saturated carbocycles. The van der Waals surface area contributed by atoms with Gasteiger partial charge in [-0.1, -0.05) is 47.6 Å². The van der Waals surface area contributed by atoms with Crippen LogP contribution in [0.3, 0.4) is 0 Å². The predicted octanol–water partition coefficient (Wildman–Crippen LogP) is 5.41.